The Kier molecular flexibility index (Phi) is 3.30. The molecule has 0 saturated carbocycles. The number of hydrogen-bond donors (Lipinski definition) is 0. The molecule has 0 bridgehead atoms. The predicted octanol–water partition coefficient (Wildman–Crippen LogP) is 4.14. The fourth-order valence-corrected chi connectivity index (χ4v) is 1.71. The van der Waals surface area contributed by atoms with Gasteiger partial charge in [-0.15, -0.1) is 0 Å². The van der Waals surface area contributed by atoms with Crippen molar-refractivity contribution in [1.82, 2.24) is 9.55 Å². The first-order valence-corrected chi connectivity index (χ1v) is 5.58. The third kappa shape index (κ3) is 2.60. The highest BCUT2D eigenvalue weighted by Gasteiger charge is 2.34. The molecule has 0 spiro atoms. The summed E-state index contributed by atoms with van der Waals surface area (Å²) in [4.78, 5) is 6.87. The molecule has 2 rings (SSSR count). The highest BCUT2D eigenvalue weighted by atomic mass is 19.4. The van der Waals surface area contributed by atoms with E-state index in [2.05, 4.69) is 9.83 Å². The van der Waals surface area contributed by atoms with Crippen LogP contribution in [-0.4, -0.2) is 9.55 Å². The Labute approximate surface area is 108 Å². The second-order valence-corrected chi connectivity index (χ2v) is 3.89. The Morgan fingerprint density at radius 1 is 1.26 bits per heavy atom. The van der Waals surface area contributed by atoms with Crippen LogP contribution >= 0.6 is 0 Å². The SMILES string of the molecule is [C-]#[N+]c1ccc(-c2nc(C(F)(F)F)cn2CC)cc1. The quantitative estimate of drug-likeness (QED) is 0.748. The van der Waals surface area contributed by atoms with Crippen molar-refractivity contribution in [3.8, 4) is 11.4 Å². The summed E-state index contributed by atoms with van der Waals surface area (Å²) in [6.07, 6.45) is -3.45. The van der Waals surface area contributed by atoms with Gasteiger partial charge in [-0.25, -0.2) is 9.83 Å². The fraction of sp³-hybridized carbons (Fsp3) is 0.231. The highest BCUT2D eigenvalue weighted by molar-refractivity contribution is 5.61. The molecule has 1 aromatic carbocycles. The first-order chi connectivity index (χ1) is 8.95. The molecule has 0 unspecified atom stereocenters. The summed E-state index contributed by atoms with van der Waals surface area (Å²) in [7, 11) is 0. The maximum absolute atomic E-state index is 12.6. The zero-order valence-electron chi connectivity index (χ0n) is 10.1. The second kappa shape index (κ2) is 4.76. The maximum atomic E-state index is 12.6. The van der Waals surface area contributed by atoms with Gasteiger partial charge in [0, 0.05) is 18.3 Å². The summed E-state index contributed by atoms with van der Waals surface area (Å²) < 4.78 is 39.3. The van der Waals surface area contributed by atoms with E-state index in [1.807, 2.05) is 0 Å². The Hall–Kier alpha value is -2.29. The van der Waals surface area contributed by atoms with E-state index < -0.39 is 11.9 Å². The number of aryl methyl sites for hydroxylation is 1. The van der Waals surface area contributed by atoms with Crippen LogP contribution in [0.1, 0.15) is 12.6 Å². The van der Waals surface area contributed by atoms with Crippen LogP contribution in [0.5, 0.6) is 0 Å². The van der Waals surface area contributed by atoms with Gasteiger partial charge in [-0.1, -0.05) is 24.3 Å². The molecule has 0 aliphatic heterocycles. The van der Waals surface area contributed by atoms with Crippen molar-refractivity contribution in [2.24, 2.45) is 0 Å². The van der Waals surface area contributed by atoms with Crippen molar-refractivity contribution in [3.63, 3.8) is 0 Å². The minimum Gasteiger partial charge on any atom is -0.331 e. The molecule has 98 valence electrons. The van der Waals surface area contributed by atoms with Gasteiger partial charge in [-0.05, 0) is 6.92 Å². The number of imidazole rings is 1. The summed E-state index contributed by atoms with van der Waals surface area (Å²) in [5, 5.41) is 0. The normalized spacial score (nSPS) is 11.3. The largest absolute Gasteiger partial charge is 0.434 e. The molecule has 0 saturated heterocycles. The van der Waals surface area contributed by atoms with Gasteiger partial charge in [0.25, 0.3) is 0 Å². The fourth-order valence-electron chi connectivity index (χ4n) is 1.71. The Balaban J connectivity index is 2.49. The number of nitrogens with zero attached hydrogens (tertiary/aromatic N) is 3. The number of aromatic nitrogens is 2. The summed E-state index contributed by atoms with van der Waals surface area (Å²) >= 11 is 0. The number of rotatable bonds is 2. The first-order valence-electron chi connectivity index (χ1n) is 5.58. The molecule has 0 aliphatic rings. The summed E-state index contributed by atoms with van der Waals surface area (Å²) in [6.45, 7) is 8.98. The Morgan fingerprint density at radius 2 is 1.89 bits per heavy atom. The number of hydrogen-bond acceptors (Lipinski definition) is 1. The van der Waals surface area contributed by atoms with Crippen molar-refractivity contribution in [2.45, 2.75) is 19.6 Å². The van der Waals surface area contributed by atoms with E-state index in [0.717, 1.165) is 6.20 Å². The molecule has 0 amide bonds. The average molecular weight is 265 g/mol. The van der Waals surface area contributed by atoms with Crippen LogP contribution in [0.3, 0.4) is 0 Å². The van der Waals surface area contributed by atoms with E-state index in [0.29, 0.717) is 17.8 Å². The van der Waals surface area contributed by atoms with Gasteiger partial charge in [-0.2, -0.15) is 13.2 Å². The predicted molar refractivity (Wildman–Crippen MR) is 64.6 cm³/mol. The summed E-state index contributed by atoms with van der Waals surface area (Å²) in [6, 6.07) is 6.32. The van der Waals surface area contributed by atoms with Crippen LogP contribution in [0.2, 0.25) is 0 Å². The molecule has 0 aliphatic carbocycles. The van der Waals surface area contributed by atoms with Gasteiger partial charge in [0.05, 0.1) is 6.57 Å². The van der Waals surface area contributed by atoms with E-state index in [9.17, 15) is 13.2 Å². The van der Waals surface area contributed by atoms with Crippen LogP contribution in [0, 0.1) is 6.57 Å². The average Bonchev–Trinajstić information content (AvgIpc) is 2.83. The van der Waals surface area contributed by atoms with Crippen LogP contribution in [0.15, 0.2) is 30.5 Å². The molecule has 3 nitrogen and oxygen atoms in total. The van der Waals surface area contributed by atoms with E-state index in [-0.39, 0.29) is 5.82 Å². The van der Waals surface area contributed by atoms with Gasteiger partial charge >= 0.3 is 6.18 Å². The van der Waals surface area contributed by atoms with Crippen LogP contribution in [0.25, 0.3) is 16.2 Å². The molecule has 0 atom stereocenters. The highest BCUT2D eigenvalue weighted by Crippen LogP contribution is 2.31. The molecular weight excluding hydrogens is 255 g/mol. The monoisotopic (exact) mass is 265 g/mol. The van der Waals surface area contributed by atoms with Crippen LogP contribution in [-0.2, 0) is 12.7 Å². The molecule has 0 N–H and O–H groups in total. The molecular formula is C13H10F3N3. The first kappa shape index (κ1) is 13.1. The van der Waals surface area contributed by atoms with Gasteiger partial charge in [-0.3, -0.25) is 0 Å². The number of benzene rings is 1. The zero-order chi connectivity index (χ0) is 14.0. The smallest absolute Gasteiger partial charge is 0.331 e. The third-order valence-electron chi connectivity index (χ3n) is 2.66. The zero-order valence-corrected chi connectivity index (χ0v) is 10.1. The lowest BCUT2D eigenvalue weighted by Crippen LogP contribution is -2.05. The minimum absolute atomic E-state index is 0.256. The standard InChI is InChI=1S/C13H10F3N3/c1-3-19-8-11(13(14,15)16)18-12(19)9-4-6-10(17-2)7-5-9/h4-8H,3H2,1H3. The van der Waals surface area contributed by atoms with Gasteiger partial charge in [0.2, 0.25) is 0 Å². The van der Waals surface area contributed by atoms with Gasteiger partial charge in [0.1, 0.15) is 5.82 Å². The molecule has 0 fully saturated rings. The summed E-state index contributed by atoms with van der Waals surface area (Å²) in [5.74, 6) is 0.256. The van der Waals surface area contributed by atoms with E-state index in [1.165, 1.54) is 4.57 Å². The van der Waals surface area contributed by atoms with Gasteiger partial charge < -0.3 is 4.57 Å². The molecule has 1 aromatic heterocycles. The molecule has 19 heavy (non-hydrogen) atoms. The third-order valence-corrected chi connectivity index (χ3v) is 2.66. The lowest BCUT2D eigenvalue weighted by atomic mass is 10.2. The maximum Gasteiger partial charge on any atom is 0.434 e. The lowest BCUT2D eigenvalue weighted by molar-refractivity contribution is -0.140. The van der Waals surface area contributed by atoms with E-state index in [4.69, 9.17) is 6.57 Å². The number of alkyl halides is 3. The number of halogens is 3. The van der Waals surface area contributed by atoms with E-state index >= 15 is 0 Å². The molecule has 6 heteroatoms. The molecule has 2 aromatic rings. The van der Waals surface area contributed by atoms with Crippen molar-refractivity contribution < 1.29 is 13.2 Å². The summed E-state index contributed by atoms with van der Waals surface area (Å²) in [5.41, 5.74) is 0.0951. The van der Waals surface area contributed by atoms with Crippen molar-refractivity contribution >= 4 is 5.69 Å². The topological polar surface area (TPSA) is 22.2 Å². The molecule has 1 heterocycles. The lowest BCUT2D eigenvalue weighted by Gasteiger charge is -2.04. The van der Waals surface area contributed by atoms with Gasteiger partial charge in [0.15, 0.2) is 11.4 Å². The van der Waals surface area contributed by atoms with Crippen molar-refractivity contribution in [1.29, 1.82) is 0 Å². The molecule has 0 radical (unpaired) electrons. The van der Waals surface area contributed by atoms with Crippen molar-refractivity contribution in [3.05, 3.63) is 47.6 Å². The Morgan fingerprint density at radius 3 is 2.37 bits per heavy atom. The second-order valence-electron chi connectivity index (χ2n) is 3.89. The van der Waals surface area contributed by atoms with Crippen molar-refractivity contribution in [2.75, 3.05) is 0 Å². The van der Waals surface area contributed by atoms with E-state index in [1.54, 1.807) is 31.2 Å². The van der Waals surface area contributed by atoms with Crippen LogP contribution in [0.4, 0.5) is 18.9 Å². The van der Waals surface area contributed by atoms with Crippen LogP contribution < -0.4 is 0 Å². The minimum atomic E-state index is -4.45. The Bertz CT molecular complexity index is 618.